The van der Waals surface area contributed by atoms with Crippen molar-refractivity contribution < 1.29 is 14.3 Å². The van der Waals surface area contributed by atoms with E-state index in [0.717, 1.165) is 61.1 Å². The van der Waals surface area contributed by atoms with Crippen molar-refractivity contribution in [2.24, 2.45) is 0 Å². The number of rotatable bonds is 8. The predicted octanol–water partition coefficient (Wildman–Crippen LogP) is 3.21. The summed E-state index contributed by atoms with van der Waals surface area (Å²) in [7, 11) is 1.65. The summed E-state index contributed by atoms with van der Waals surface area (Å²) in [5, 5.41) is 10.8. The van der Waals surface area contributed by atoms with E-state index >= 15 is 0 Å². The first-order valence-electron chi connectivity index (χ1n) is 11.6. The van der Waals surface area contributed by atoms with Gasteiger partial charge in [-0.15, -0.1) is 5.10 Å². The number of benzene rings is 2. The van der Waals surface area contributed by atoms with Gasteiger partial charge in [-0.05, 0) is 54.1 Å². The Balaban J connectivity index is 1.23. The molecule has 2 N–H and O–H groups in total. The van der Waals surface area contributed by atoms with Gasteiger partial charge in [-0.2, -0.15) is 4.98 Å². The quantitative estimate of drug-likeness (QED) is 0.407. The number of fused-ring (bicyclic) bond motifs is 1. The summed E-state index contributed by atoms with van der Waals surface area (Å²) in [6, 6.07) is 19.1. The first-order chi connectivity index (χ1) is 17.2. The van der Waals surface area contributed by atoms with E-state index in [4.69, 9.17) is 9.47 Å². The van der Waals surface area contributed by atoms with Gasteiger partial charge in [-0.25, -0.2) is 4.52 Å². The van der Waals surface area contributed by atoms with Gasteiger partial charge in [0.1, 0.15) is 5.75 Å². The number of nitrogens with zero attached hydrogens (tertiary/aromatic N) is 4. The van der Waals surface area contributed by atoms with Crippen molar-refractivity contribution in [1.82, 2.24) is 24.8 Å². The molecule has 1 amide bonds. The van der Waals surface area contributed by atoms with E-state index < -0.39 is 0 Å². The first-order valence-corrected chi connectivity index (χ1v) is 11.6. The molecule has 3 heterocycles. The molecule has 9 nitrogen and oxygen atoms in total. The topological polar surface area (TPSA) is 93.0 Å². The third kappa shape index (κ3) is 5.42. The second kappa shape index (κ2) is 10.5. The monoisotopic (exact) mass is 472 g/mol. The van der Waals surface area contributed by atoms with Gasteiger partial charge in [-0.3, -0.25) is 9.69 Å². The van der Waals surface area contributed by atoms with Gasteiger partial charge in [0.15, 0.2) is 5.65 Å². The molecule has 0 radical (unpaired) electrons. The number of carbonyl (C=O) groups excluding carboxylic acids is 1. The number of methoxy groups -OCH3 is 1. The maximum atomic E-state index is 12.5. The van der Waals surface area contributed by atoms with E-state index in [1.807, 2.05) is 54.7 Å². The van der Waals surface area contributed by atoms with Crippen LogP contribution in [0.2, 0.25) is 0 Å². The summed E-state index contributed by atoms with van der Waals surface area (Å²) < 4.78 is 12.4. The second-order valence-corrected chi connectivity index (χ2v) is 8.27. The van der Waals surface area contributed by atoms with E-state index in [-0.39, 0.29) is 5.91 Å². The van der Waals surface area contributed by atoms with Crippen LogP contribution in [-0.4, -0.2) is 71.9 Å². The minimum Gasteiger partial charge on any atom is -0.497 e. The van der Waals surface area contributed by atoms with Gasteiger partial charge in [0.25, 0.3) is 5.91 Å². The molecule has 0 bridgehead atoms. The summed E-state index contributed by atoms with van der Waals surface area (Å²) in [6.45, 7) is 4.77. The van der Waals surface area contributed by atoms with Crippen molar-refractivity contribution in [2.75, 3.05) is 51.8 Å². The summed E-state index contributed by atoms with van der Waals surface area (Å²) in [4.78, 5) is 19.5. The van der Waals surface area contributed by atoms with Crippen molar-refractivity contribution in [3.05, 3.63) is 72.4 Å². The van der Waals surface area contributed by atoms with Crippen LogP contribution in [0.25, 0.3) is 16.8 Å². The molecule has 35 heavy (non-hydrogen) atoms. The third-order valence-corrected chi connectivity index (χ3v) is 5.98. The standard InChI is InChI=1S/C26H28N6O3/c1-34-22-10-6-19(7-11-22)23-3-2-13-32-24(23)29-26(30-32)28-21-8-4-20(5-9-21)25(33)27-12-14-31-15-17-35-18-16-31/h2-11,13H,12,14-18H2,1H3,(H,27,33)(H,28,30). The lowest BCUT2D eigenvalue weighted by atomic mass is 10.1. The molecule has 1 fully saturated rings. The molecular weight excluding hydrogens is 444 g/mol. The molecule has 0 unspecified atom stereocenters. The summed E-state index contributed by atoms with van der Waals surface area (Å²) in [6.07, 6.45) is 1.87. The Labute approximate surface area is 203 Å². The van der Waals surface area contributed by atoms with Crippen LogP contribution in [-0.2, 0) is 4.74 Å². The minimum absolute atomic E-state index is 0.0835. The highest BCUT2D eigenvalue weighted by Gasteiger charge is 2.12. The molecule has 0 spiro atoms. The molecule has 0 aliphatic carbocycles. The fourth-order valence-corrected chi connectivity index (χ4v) is 4.04. The van der Waals surface area contributed by atoms with Crippen LogP contribution in [0.3, 0.4) is 0 Å². The molecule has 2 aromatic carbocycles. The number of hydrogen-bond acceptors (Lipinski definition) is 7. The van der Waals surface area contributed by atoms with Crippen molar-refractivity contribution in [3.63, 3.8) is 0 Å². The van der Waals surface area contributed by atoms with Crippen molar-refractivity contribution >= 4 is 23.2 Å². The van der Waals surface area contributed by atoms with Crippen molar-refractivity contribution in [2.45, 2.75) is 0 Å². The van der Waals surface area contributed by atoms with Gasteiger partial charge in [-0.1, -0.05) is 12.1 Å². The molecule has 0 atom stereocenters. The zero-order valence-electron chi connectivity index (χ0n) is 19.6. The summed E-state index contributed by atoms with van der Waals surface area (Å²) in [5.41, 5.74) is 4.16. The smallest absolute Gasteiger partial charge is 0.251 e. The lowest BCUT2D eigenvalue weighted by Gasteiger charge is -2.26. The molecule has 1 saturated heterocycles. The first kappa shape index (κ1) is 22.8. The number of nitrogens with one attached hydrogen (secondary N) is 2. The number of pyridine rings is 1. The van der Waals surface area contributed by atoms with E-state index in [0.29, 0.717) is 18.1 Å². The van der Waals surface area contributed by atoms with Crippen LogP contribution in [0.1, 0.15) is 10.4 Å². The molecular formula is C26H28N6O3. The molecule has 1 aliphatic heterocycles. The molecule has 1 aliphatic rings. The number of anilines is 2. The fraction of sp³-hybridized carbons (Fsp3) is 0.269. The third-order valence-electron chi connectivity index (χ3n) is 5.98. The molecule has 9 heteroatoms. The van der Waals surface area contributed by atoms with Crippen LogP contribution in [0, 0.1) is 0 Å². The van der Waals surface area contributed by atoms with Gasteiger partial charge in [0.2, 0.25) is 5.95 Å². The molecule has 2 aromatic heterocycles. The van der Waals surface area contributed by atoms with Crippen molar-refractivity contribution in [3.8, 4) is 16.9 Å². The zero-order valence-corrected chi connectivity index (χ0v) is 19.6. The Hall–Kier alpha value is -3.95. The number of aromatic nitrogens is 3. The van der Waals surface area contributed by atoms with Crippen LogP contribution < -0.4 is 15.4 Å². The van der Waals surface area contributed by atoms with Gasteiger partial charge in [0.05, 0.1) is 20.3 Å². The highest BCUT2D eigenvalue weighted by Crippen LogP contribution is 2.26. The van der Waals surface area contributed by atoms with Crippen LogP contribution in [0.15, 0.2) is 66.9 Å². The number of amides is 1. The van der Waals surface area contributed by atoms with Crippen LogP contribution >= 0.6 is 0 Å². The number of morpholine rings is 1. The van der Waals surface area contributed by atoms with Crippen LogP contribution in [0.5, 0.6) is 5.75 Å². The maximum Gasteiger partial charge on any atom is 0.251 e. The van der Waals surface area contributed by atoms with E-state index in [9.17, 15) is 4.79 Å². The summed E-state index contributed by atoms with van der Waals surface area (Å²) in [5.74, 6) is 1.20. The highest BCUT2D eigenvalue weighted by atomic mass is 16.5. The average Bonchev–Trinajstić information content (AvgIpc) is 3.32. The summed E-state index contributed by atoms with van der Waals surface area (Å²) >= 11 is 0. The average molecular weight is 473 g/mol. The Bertz CT molecular complexity index is 1280. The molecule has 4 aromatic rings. The zero-order chi connectivity index (χ0) is 24.0. The lowest BCUT2D eigenvalue weighted by Crippen LogP contribution is -2.41. The molecule has 0 saturated carbocycles. The Morgan fingerprint density at radius 2 is 1.83 bits per heavy atom. The lowest BCUT2D eigenvalue weighted by molar-refractivity contribution is 0.0383. The van der Waals surface area contributed by atoms with E-state index in [1.165, 1.54) is 0 Å². The number of ether oxygens (including phenoxy) is 2. The Kier molecular flexibility index (Phi) is 6.87. The predicted molar refractivity (Wildman–Crippen MR) is 134 cm³/mol. The van der Waals surface area contributed by atoms with Gasteiger partial charge < -0.3 is 20.1 Å². The maximum absolute atomic E-state index is 12.5. The Morgan fingerprint density at radius 3 is 2.57 bits per heavy atom. The minimum atomic E-state index is -0.0835. The number of hydrogen-bond donors (Lipinski definition) is 2. The molecule has 180 valence electrons. The van der Waals surface area contributed by atoms with Crippen LogP contribution in [0.4, 0.5) is 11.6 Å². The van der Waals surface area contributed by atoms with Crippen molar-refractivity contribution in [1.29, 1.82) is 0 Å². The fourth-order valence-electron chi connectivity index (χ4n) is 4.04. The largest absolute Gasteiger partial charge is 0.497 e. The number of carbonyl (C=O) groups is 1. The SMILES string of the molecule is COc1ccc(-c2cccn3nc(Nc4ccc(C(=O)NCCN5CCOCC5)cc4)nc23)cc1. The Morgan fingerprint density at radius 1 is 1.06 bits per heavy atom. The van der Waals surface area contributed by atoms with Gasteiger partial charge in [0, 0.05) is 49.2 Å². The van der Waals surface area contributed by atoms with Gasteiger partial charge >= 0.3 is 0 Å². The normalized spacial score (nSPS) is 14.1. The van der Waals surface area contributed by atoms with E-state index in [2.05, 4.69) is 25.6 Å². The van der Waals surface area contributed by atoms with E-state index in [1.54, 1.807) is 23.8 Å². The highest BCUT2D eigenvalue weighted by molar-refractivity contribution is 5.94. The molecule has 5 rings (SSSR count). The second-order valence-electron chi connectivity index (χ2n) is 8.27.